The number of aliphatic hydroxyl groups excluding tert-OH is 1. The highest BCUT2D eigenvalue weighted by atomic mass is 28.3. The van der Waals surface area contributed by atoms with Gasteiger partial charge in [-0.15, -0.1) is 0 Å². The molecule has 0 aliphatic carbocycles. The molecular formula is C4H14O2Si2. The summed E-state index contributed by atoms with van der Waals surface area (Å²) in [4.78, 5) is 0. The standard InChI is InChI=1S/C4H14O2Si2/c1-7-6-8-4-2-3-5/h5H,2-4,7-8H2,1H3. The predicted molar refractivity (Wildman–Crippen MR) is 40.5 cm³/mol. The second kappa shape index (κ2) is 7.35. The molecule has 2 nitrogen and oxygen atoms in total. The third kappa shape index (κ3) is 6.35. The van der Waals surface area contributed by atoms with E-state index in [2.05, 4.69) is 6.55 Å². The summed E-state index contributed by atoms with van der Waals surface area (Å²) in [6.07, 6.45) is 0.945. The smallest absolute Gasteiger partial charge is 0.146 e. The van der Waals surface area contributed by atoms with Gasteiger partial charge in [-0.05, 0) is 12.5 Å². The van der Waals surface area contributed by atoms with Crippen molar-refractivity contribution in [2.45, 2.75) is 19.0 Å². The maximum absolute atomic E-state index is 8.34. The van der Waals surface area contributed by atoms with Crippen LogP contribution in [0.25, 0.3) is 0 Å². The number of hydrogen-bond donors (Lipinski definition) is 1. The first kappa shape index (κ1) is 8.35. The molecule has 0 aromatic rings. The van der Waals surface area contributed by atoms with Gasteiger partial charge >= 0.3 is 0 Å². The van der Waals surface area contributed by atoms with Crippen LogP contribution in [0.4, 0.5) is 0 Å². The Labute approximate surface area is 55.1 Å². The zero-order valence-corrected chi connectivity index (χ0v) is 8.22. The molecule has 0 aromatic carbocycles. The van der Waals surface area contributed by atoms with Crippen molar-refractivity contribution in [3.63, 3.8) is 0 Å². The van der Waals surface area contributed by atoms with E-state index in [-0.39, 0.29) is 19.5 Å². The molecule has 0 rings (SSSR count). The summed E-state index contributed by atoms with van der Waals surface area (Å²) in [5.41, 5.74) is 0. The van der Waals surface area contributed by atoms with E-state index in [0.29, 0.717) is 6.61 Å². The average molecular weight is 150 g/mol. The van der Waals surface area contributed by atoms with Crippen molar-refractivity contribution in [1.29, 1.82) is 0 Å². The van der Waals surface area contributed by atoms with Crippen LogP contribution in [0.3, 0.4) is 0 Å². The molecule has 0 unspecified atom stereocenters. The summed E-state index contributed by atoms with van der Waals surface area (Å²) in [6, 6.07) is 1.15. The van der Waals surface area contributed by atoms with E-state index < -0.39 is 0 Å². The lowest BCUT2D eigenvalue weighted by atomic mass is 10.5. The Morgan fingerprint density at radius 1 is 1.62 bits per heavy atom. The third-order valence-corrected chi connectivity index (χ3v) is 4.48. The molecule has 1 N–H and O–H groups in total. The van der Waals surface area contributed by atoms with E-state index in [1.807, 2.05) is 0 Å². The summed E-state index contributed by atoms with van der Waals surface area (Å²) >= 11 is 0. The minimum atomic E-state index is -0.198. The van der Waals surface area contributed by atoms with Crippen molar-refractivity contribution < 1.29 is 9.22 Å². The molecule has 0 saturated heterocycles. The Kier molecular flexibility index (Phi) is 7.68. The lowest BCUT2D eigenvalue weighted by molar-refractivity contribution is 0.294. The van der Waals surface area contributed by atoms with Crippen molar-refractivity contribution in [3.8, 4) is 0 Å². The quantitative estimate of drug-likeness (QED) is 0.403. The van der Waals surface area contributed by atoms with Crippen LogP contribution < -0.4 is 0 Å². The molecular weight excluding hydrogens is 136 g/mol. The van der Waals surface area contributed by atoms with E-state index in [0.717, 1.165) is 12.5 Å². The Bertz CT molecular complexity index is 37.0. The highest BCUT2D eigenvalue weighted by Gasteiger charge is 1.84. The van der Waals surface area contributed by atoms with E-state index in [1.54, 1.807) is 0 Å². The van der Waals surface area contributed by atoms with Crippen LogP contribution in [-0.4, -0.2) is 31.2 Å². The first-order valence-electron chi connectivity index (χ1n) is 3.10. The van der Waals surface area contributed by atoms with Crippen molar-refractivity contribution in [2.75, 3.05) is 6.61 Å². The lowest BCUT2D eigenvalue weighted by Gasteiger charge is -1.95. The number of aliphatic hydroxyl groups is 1. The van der Waals surface area contributed by atoms with Gasteiger partial charge in [-0.3, -0.25) is 0 Å². The van der Waals surface area contributed by atoms with E-state index in [4.69, 9.17) is 9.22 Å². The Morgan fingerprint density at radius 3 is 2.88 bits per heavy atom. The Balaban J connectivity index is 2.53. The fraction of sp³-hybridized carbons (Fsp3) is 1.00. The maximum atomic E-state index is 8.34. The van der Waals surface area contributed by atoms with Crippen LogP contribution >= 0.6 is 0 Å². The van der Waals surface area contributed by atoms with Gasteiger partial charge in [-0.25, -0.2) is 0 Å². The van der Waals surface area contributed by atoms with Crippen LogP contribution in [0.15, 0.2) is 0 Å². The van der Waals surface area contributed by atoms with Crippen LogP contribution in [0.2, 0.25) is 12.6 Å². The normalized spacial score (nSPS) is 12.8. The monoisotopic (exact) mass is 150 g/mol. The summed E-state index contributed by atoms with van der Waals surface area (Å²) in [7, 11) is -0.332. The fourth-order valence-electron chi connectivity index (χ4n) is 0.460. The minimum Gasteiger partial charge on any atom is -0.465 e. The Hall–Kier alpha value is 0.354. The van der Waals surface area contributed by atoms with Gasteiger partial charge in [0.2, 0.25) is 0 Å². The molecule has 0 saturated carbocycles. The number of hydrogen-bond acceptors (Lipinski definition) is 2. The van der Waals surface area contributed by atoms with Crippen LogP contribution in [-0.2, 0) is 4.12 Å². The molecule has 0 radical (unpaired) electrons. The first-order valence-corrected chi connectivity index (χ1v) is 6.67. The van der Waals surface area contributed by atoms with Gasteiger partial charge in [0.15, 0.2) is 0 Å². The highest BCUT2D eigenvalue weighted by Crippen LogP contribution is 1.85. The SMILES string of the molecule is C[SiH2]O[SiH2]CCCO. The molecule has 0 aromatic heterocycles. The topological polar surface area (TPSA) is 29.5 Å². The summed E-state index contributed by atoms with van der Waals surface area (Å²) in [5, 5.41) is 8.34. The van der Waals surface area contributed by atoms with Gasteiger partial charge in [0.05, 0.1) is 0 Å². The van der Waals surface area contributed by atoms with Gasteiger partial charge in [0.25, 0.3) is 0 Å². The molecule has 8 heavy (non-hydrogen) atoms. The molecule has 50 valence electrons. The molecule has 0 amide bonds. The summed E-state index contributed by atoms with van der Waals surface area (Å²) < 4.78 is 5.30. The second-order valence-electron chi connectivity index (χ2n) is 1.63. The van der Waals surface area contributed by atoms with E-state index >= 15 is 0 Å². The fourth-order valence-corrected chi connectivity index (χ4v) is 2.86. The zero-order valence-electron chi connectivity index (χ0n) is 5.39. The zero-order chi connectivity index (χ0) is 6.24. The molecule has 0 bridgehead atoms. The van der Waals surface area contributed by atoms with Gasteiger partial charge in [0.1, 0.15) is 19.5 Å². The Morgan fingerprint density at radius 2 is 2.38 bits per heavy atom. The highest BCUT2D eigenvalue weighted by molar-refractivity contribution is 6.41. The van der Waals surface area contributed by atoms with Gasteiger partial charge in [-0.2, -0.15) is 0 Å². The van der Waals surface area contributed by atoms with Gasteiger partial charge < -0.3 is 9.22 Å². The van der Waals surface area contributed by atoms with Crippen molar-refractivity contribution >= 4 is 19.5 Å². The average Bonchev–Trinajstić information content (AvgIpc) is 1.81. The second-order valence-corrected chi connectivity index (χ2v) is 4.95. The molecule has 0 fully saturated rings. The van der Waals surface area contributed by atoms with Crippen molar-refractivity contribution in [2.24, 2.45) is 0 Å². The largest absolute Gasteiger partial charge is 0.465 e. The van der Waals surface area contributed by atoms with Gasteiger partial charge in [-0.1, -0.05) is 6.55 Å². The van der Waals surface area contributed by atoms with Crippen LogP contribution in [0.1, 0.15) is 6.42 Å². The number of rotatable bonds is 5. The molecule has 0 aliphatic rings. The molecule has 0 atom stereocenters. The molecule has 0 spiro atoms. The lowest BCUT2D eigenvalue weighted by Crippen LogP contribution is -2.00. The van der Waals surface area contributed by atoms with Crippen LogP contribution in [0.5, 0.6) is 0 Å². The van der Waals surface area contributed by atoms with Gasteiger partial charge in [0, 0.05) is 6.61 Å². The van der Waals surface area contributed by atoms with E-state index in [1.165, 1.54) is 0 Å². The summed E-state index contributed by atoms with van der Waals surface area (Å²) in [6.45, 7) is 2.48. The summed E-state index contributed by atoms with van der Waals surface area (Å²) in [5.74, 6) is 0. The first-order chi connectivity index (χ1) is 3.91. The van der Waals surface area contributed by atoms with Crippen molar-refractivity contribution in [3.05, 3.63) is 0 Å². The van der Waals surface area contributed by atoms with Crippen LogP contribution in [0, 0.1) is 0 Å². The maximum Gasteiger partial charge on any atom is 0.146 e. The minimum absolute atomic E-state index is 0.134. The molecule has 0 heterocycles. The molecule has 4 heteroatoms. The van der Waals surface area contributed by atoms with E-state index in [9.17, 15) is 0 Å². The predicted octanol–water partition coefficient (Wildman–Crippen LogP) is -0.981. The van der Waals surface area contributed by atoms with Crippen molar-refractivity contribution in [1.82, 2.24) is 0 Å². The third-order valence-electron chi connectivity index (χ3n) is 0.901. The molecule has 0 aliphatic heterocycles.